The lowest BCUT2D eigenvalue weighted by Crippen LogP contribution is -2.39. The molecular formula is C34H31ClN6O2. The Hall–Kier alpha value is -4.69. The van der Waals surface area contributed by atoms with Gasteiger partial charge in [0.15, 0.2) is 0 Å². The molecule has 0 saturated heterocycles. The van der Waals surface area contributed by atoms with E-state index in [0.717, 1.165) is 64.6 Å². The van der Waals surface area contributed by atoms with Crippen LogP contribution in [-0.4, -0.2) is 36.3 Å². The van der Waals surface area contributed by atoms with Gasteiger partial charge in [-0.1, -0.05) is 54.1 Å². The van der Waals surface area contributed by atoms with Crippen LogP contribution >= 0.6 is 11.6 Å². The molecular weight excluding hydrogens is 560 g/mol. The number of nitrogens with one attached hydrogen (secondary N) is 2. The molecule has 6 aromatic rings. The van der Waals surface area contributed by atoms with Crippen LogP contribution in [0.2, 0.25) is 5.02 Å². The molecule has 9 heteroatoms. The van der Waals surface area contributed by atoms with Crippen molar-refractivity contribution in [1.29, 1.82) is 0 Å². The van der Waals surface area contributed by atoms with E-state index in [1.807, 2.05) is 88.9 Å². The van der Waals surface area contributed by atoms with Gasteiger partial charge in [0.05, 0.1) is 44.2 Å². The van der Waals surface area contributed by atoms with Gasteiger partial charge in [0, 0.05) is 29.7 Å². The minimum Gasteiger partial charge on any atom is -0.349 e. The Labute approximate surface area is 253 Å². The molecule has 0 spiro atoms. The number of aromatic nitrogens is 5. The summed E-state index contributed by atoms with van der Waals surface area (Å²) in [5.74, 6) is 0.195. The van der Waals surface area contributed by atoms with Crippen LogP contribution in [0.25, 0.3) is 38.9 Å². The highest BCUT2D eigenvalue weighted by Gasteiger charge is 2.26. The summed E-state index contributed by atoms with van der Waals surface area (Å²) < 4.78 is 3.72. The molecule has 1 aliphatic rings. The van der Waals surface area contributed by atoms with Crippen molar-refractivity contribution in [2.45, 2.75) is 45.2 Å². The number of rotatable bonds is 6. The number of hydrogen-bond donors (Lipinski definition) is 2. The average Bonchev–Trinajstić information content (AvgIpc) is 3.57. The molecule has 1 aliphatic carbocycles. The number of hydrogen-bond acceptors (Lipinski definition) is 4. The summed E-state index contributed by atoms with van der Waals surface area (Å²) in [4.78, 5) is 31.1. The first kappa shape index (κ1) is 27.2. The van der Waals surface area contributed by atoms with Crippen LogP contribution in [0.1, 0.15) is 41.7 Å². The van der Waals surface area contributed by atoms with Crippen molar-refractivity contribution >= 4 is 39.4 Å². The number of benzene rings is 3. The van der Waals surface area contributed by atoms with Crippen molar-refractivity contribution in [3.63, 3.8) is 0 Å². The molecule has 43 heavy (non-hydrogen) atoms. The van der Waals surface area contributed by atoms with Gasteiger partial charge in [0.25, 0.3) is 5.91 Å². The van der Waals surface area contributed by atoms with E-state index in [1.54, 1.807) is 12.3 Å². The number of nitrogens with zero attached hydrogens (tertiary/aromatic N) is 4. The lowest BCUT2D eigenvalue weighted by atomic mass is 9.85. The van der Waals surface area contributed by atoms with Gasteiger partial charge in [0.2, 0.25) is 0 Å². The summed E-state index contributed by atoms with van der Waals surface area (Å²) in [6.07, 6.45) is 5.11. The van der Waals surface area contributed by atoms with Crippen LogP contribution < -0.4 is 11.0 Å². The highest BCUT2D eigenvalue weighted by atomic mass is 35.5. The topological polar surface area (TPSA) is 97.6 Å². The van der Waals surface area contributed by atoms with Crippen LogP contribution in [0, 0.1) is 12.8 Å². The van der Waals surface area contributed by atoms with E-state index in [2.05, 4.69) is 20.5 Å². The van der Waals surface area contributed by atoms with Gasteiger partial charge in [-0.25, -0.2) is 4.79 Å². The fourth-order valence-electron chi connectivity index (χ4n) is 6.34. The molecule has 0 unspecified atom stereocenters. The smallest absolute Gasteiger partial charge is 0.333 e. The number of fused-ring (bicyclic) bond motifs is 2. The van der Waals surface area contributed by atoms with Gasteiger partial charge in [-0.2, -0.15) is 5.10 Å². The first-order valence-electron chi connectivity index (χ1n) is 14.6. The van der Waals surface area contributed by atoms with Gasteiger partial charge in [0.1, 0.15) is 0 Å². The zero-order chi connectivity index (χ0) is 29.5. The number of H-pyrrole nitrogens is 1. The summed E-state index contributed by atoms with van der Waals surface area (Å²) in [6, 6.07) is 25.8. The number of aryl methyl sites for hydroxylation is 1. The van der Waals surface area contributed by atoms with Crippen LogP contribution in [0.5, 0.6) is 0 Å². The maximum atomic E-state index is 14.0. The monoisotopic (exact) mass is 590 g/mol. The maximum absolute atomic E-state index is 14.0. The third kappa shape index (κ3) is 5.12. The van der Waals surface area contributed by atoms with Gasteiger partial charge in [-0.05, 0) is 74.9 Å². The number of pyridine rings is 1. The van der Waals surface area contributed by atoms with Gasteiger partial charge >= 0.3 is 5.69 Å². The van der Waals surface area contributed by atoms with Crippen molar-refractivity contribution in [3.8, 4) is 16.9 Å². The number of imidazole rings is 1. The van der Waals surface area contributed by atoms with Crippen LogP contribution in [0.4, 0.5) is 0 Å². The van der Waals surface area contributed by atoms with Crippen molar-refractivity contribution in [1.82, 2.24) is 29.6 Å². The lowest BCUT2D eigenvalue weighted by Gasteiger charge is -2.29. The van der Waals surface area contributed by atoms with Crippen LogP contribution in [0.3, 0.4) is 0 Å². The van der Waals surface area contributed by atoms with E-state index < -0.39 is 0 Å². The SMILES string of the molecule is Cc1ncc(Cl)cc1C(=O)N[C@H]1CC[C@H](Cn2c(=O)n(-c3ccc4[nH]nc(-c5ccccc5)c4c3)c3ccccc32)CC1. The summed E-state index contributed by atoms with van der Waals surface area (Å²) in [5.41, 5.74) is 6.53. The predicted octanol–water partition coefficient (Wildman–Crippen LogP) is 6.68. The van der Waals surface area contributed by atoms with Gasteiger partial charge in [-0.15, -0.1) is 0 Å². The number of halogens is 1. The Morgan fingerprint density at radius 3 is 2.51 bits per heavy atom. The molecule has 0 aliphatic heterocycles. The number of amides is 1. The average molecular weight is 591 g/mol. The van der Waals surface area contributed by atoms with Crippen LogP contribution in [-0.2, 0) is 6.54 Å². The summed E-state index contributed by atoms with van der Waals surface area (Å²) in [6.45, 7) is 2.44. The molecule has 1 fully saturated rings. The zero-order valence-electron chi connectivity index (χ0n) is 23.8. The largest absolute Gasteiger partial charge is 0.349 e. The van der Waals surface area contributed by atoms with Gasteiger partial charge < -0.3 is 5.32 Å². The second kappa shape index (κ2) is 11.2. The Bertz CT molecular complexity index is 2020. The molecule has 0 atom stereocenters. The van der Waals surface area contributed by atoms with E-state index in [-0.39, 0.29) is 17.6 Å². The molecule has 3 aromatic carbocycles. The fraction of sp³-hybridized carbons (Fsp3) is 0.235. The minimum absolute atomic E-state index is 0.0512. The number of para-hydroxylation sites is 2. The highest BCUT2D eigenvalue weighted by molar-refractivity contribution is 6.30. The highest BCUT2D eigenvalue weighted by Crippen LogP contribution is 2.30. The van der Waals surface area contributed by atoms with E-state index in [9.17, 15) is 9.59 Å². The number of carbonyl (C=O) groups is 1. The standard InChI is InChI=1S/C34H31ClN6O2/c1-21-27(17-24(35)19-36-21)33(42)37-25-13-11-22(12-14-25)20-40-30-9-5-6-10-31(30)41(34(40)43)26-15-16-29-28(18-26)32(39-38-29)23-7-3-2-4-8-23/h2-10,15-19,22,25H,11-14,20H2,1H3,(H,37,42)(H,38,39)/t22-,25-. The van der Waals surface area contributed by atoms with Crippen molar-refractivity contribution in [2.24, 2.45) is 5.92 Å². The number of aromatic amines is 1. The van der Waals surface area contributed by atoms with Gasteiger partial charge in [-0.3, -0.25) is 24.0 Å². The number of carbonyl (C=O) groups excluding carboxylic acids is 1. The minimum atomic E-state index is -0.139. The lowest BCUT2D eigenvalue weighted by molar-refractivity contribution is 0.0919. The quantitative estimate of drug-likeness (QED) is 0.226. The third-order valence-corrected chi connectivity index (χ3v) is 8.82. The first-order valence-corrected chi connectivity index (χ1v) is 15.0. The van der Waals surface area contributed by atoms with Crippen molar-refractivity contribution < 1.29 is 4.79 Å². The maximum Gasteiger partial charge on any atom is 0.333 e. The summed E-state index contributed by atoms with van der Waals surface area (Å²) in [5, 5.41) is 12.3. The first-order chi connectivity index (χ1) is 21.0. The Kier molecular flexibility index (Phi) is 7.07. The zero-order valence-corrected chi connectivity index (χ0v) is 24.5. The molecule has 2 N–H and O–H groups in total. The summed E-state index contributed by atoms with van der Waals surface area (Å²) >= 11 is 6.07. The molecule has 1 saturated carbocycles. The van der Waals surface area contributed by atoms with Crippen molar-refractivity contribution in [3.05, 3.63) is 112 Å². The Balaban J connectivity index is 1.13. The molecule has 216 valence electrons. The second-order valence-corrected chi connectivity index (χ2v) is 11.8. The predicted molar refractivity (Wildman–Crippen MR) is 170 cm³/mol. The molecule has 3 aromatic heterocycles. The Morgan fingerprint density at radius 2 is 1.72 bits per heavy atom. The third-order valence-electron chi connectivity index (χ3n) is 8.61. The Morgan fingerprint density at radius 1 is 0.977 bits per heavy atom. The van der Waals surface area contributed by atoms with E-state index in [0.29, 0.717) is 28.7 Å². The molecule has 7 rings (SSSR count). The van der Waals surface area contributed by atoms with E-state index >= 15 is 0 Å². The molecule has 0 bridgehead atoms. The molecule has 0 radical (unpaired) electrons. The molecule has 1 amide bonds. The summed E-state index contributed by atoms with van der Waals surface area (Å²) in [7, 11) is 0. The van der Waals surface area contributed by atoms with E-state index in [4.69, 9.17) is 11.6 Å². The normalized spacial score (nSPS) is 17.0. The second-order valence-electron chi connectivity index (χ2n) is 11.4. The van der Waals surface area contributed by atoms with Crippen molar-refractivity contribution in [2.75, 3.05) is 0 Å². The van der Waals surface area contributed by atoms with Crippen LogP contribution in [0.15, 0.2) is 89.9 Å². The molecule has 8 nitrogen and oxygen atoms in total. The van der Waals surface area contributed by atoms with E-state index in [1.165, 1.54) is 0 Å². The molecule has 3 heterocycles. The fourth-order valence-corrected chi connectivity index (χ4v) is 6.50.